The molecule has 1 N–H and O–H groups in total. The van der Waals surface area contributed by atoms with Crippen LogP contribution in [0.4, 0.5) is 5.69 Å². The molecule has 0 spiro atoms. The van der Waals surface area contributed by atoms with E-state index in [9.17, 15) is 4.79 Å². The number of carbonyl (C=O) groups is 1. The summed E-state index contributed by atoms with van der Waals surface area (Å²) in [5.74, 6) is 1.65. The molecule has 0 fully saturated rings. The monoisotopic (exact) mass is 522 g/mol. The third-order valence-corrected chi connectivity index (χ3v) is 6.52. The zero-order valence-electron chi connectivity index (χ0n) is 23.9. The fourth-order valence-corrected chi connectivity index (χ4v) is 4.18. The third kappa shape index (κ3) is 7.49. The maximum absolute atomic E-state index is 13.3. The molecular formula is C30H42N4O4. The number of hydrogen-bond acceptors (Lipinski definition) is 6. The highest BCUT2D eigenvalue weighted by Gasteiger charge is 2.22. The predicted octanol–water partition coefficient (Wildman–Crippen LogP) is 6.88. The largest absolute Gasteiger partial charge is 0.497 e. The molecular weight excluding hydrogens is 480 g/mol. The van der Waals surface area contributed by atoms with Crippen molar-refractivity contribution in [2.45, 2.75) is 78.6 Å². The number of amides is 1. The second-order valence-corrected chi connectivity index (χ2v) is 10.5. The molecule has 0 aliphatic heterocycles. The molecule has 2 aromatic carbocycles. The summed E-state index contributed by atoms with van der Waals surface area (Å²) in [6, 6.07) is 11.3. The molecule has 3 rings (SSSR count). The maximum Gasteiger partial charge on any atom is 0.278 e. The van der Waals surface area contributed by atoms with Gasteiger partial charge in [0.1, 0.15) is 22.9 Å². The number of carbonyl (C=O) groups excluding carboxylic acids is 1. The van der Waals surface area contributed by atoms with Crippen LogP contribution in [0.25, 0.3) is 5.69 Å². The standard InChI is InChI=1S/C30H42N4O4/c1-8-9-10-11-12-13-16-38-25-18-22(30(3,4)5)17-23(19-25)31-29(35)28-21(2)34(33-32-28)26-20-24(36-6)14-15-27(26)37-7/h14-15,17-20H,8-13,16H2,1-7H3,(H,31,35). The molecule has 0 saturated carbocycles. The van der Waals surface area contributed by atoms with E-state index in [1.165, 1.54) is 25.7 Å². The van der Waals surface area contributed by atoms with Crippen molar-refractivity contribution in [3.8, 4) is 22.9 Å². The van der Waals surface area contributed by atoms with Crippen molar-refractivity contribution in [3.63, 3.8) is 0 Å². The smallest absolute Gasteiger partial charge is 0.278 e. The van der Waals surface area contributed by atoms with Gasteiger partial charge in [0.15, 0.2) is 5.69 Å². The summed E-state index contributed by atoms with van der Waals surface area (Å²) in [4.78, 5) is 13.3. The molecule has 0 saturated heterocycles. The molecule has 0 aliphatic rings. The van der Waals surface area contributed by atoms with Gasteiger partial charge in [0.25, 0.3) is 5.91 Å². The Morgan fingerprint density at radius 2 is 1.68 bits per heavy atom. The van der Waals surface area contributed by atoms with Gasteiger partial charge in [-0.3, -0.25) is 4.79 Å². The van der Waals surface area contributed by atoms with Gasteiger partial charge in [0, 0.05) is 17.8 Å². The highest BCUT2D eigenvalue weighted by Crippen LogP contribution is 2.31. The van der Waals surface area contributed by atoms with E-state index in [0.29, 0.717) is 35.2 Å². The zero-order chi connectivity index (χ0) is 27.7. The molecule has 0 aliphatic carbocycles. The number of nitrogens with zero attached hydrogens (tertiary/aromatic N) is 3. The Morgan fingerprint density at radius 1 is 0.947 bits per heavy atom. The van der Waals surface area contributed by atoms with Crippen LogP contribution in [0.2, 0.25) is 0 Å². The fourth-order valence-electron chi connectivity index (χ4n) is 4.18. The topological polar surface area (TPSA) is 87.5 Å². The molecule has 8 nitrogen and oxygen atoms in total. The summed E-state index contributed by atoms with van der Waals surface area (Å²) < 4.78 is 18.5. The first kappa shape index (κ1) is 29.0. The van der Waals surface area contributed by atoms with Gasteiger partial charge in [0.05, 0.1) is 26.5 Å². The van der Waals surface area contributed by atoms with Gasteiger partial charge < -0.3 is 19.5 Å². The number of anilines is 1. The minimum absolute atomic E-state index is 0.110. The van der Waals surface area contributed by atoms with Crippen LogP contribution < -0.4 is 19.5 Å². The number of methoxy groups -OCH3 is 2. The van der Waals surface area contributed by atoms with E-state index in [2.05, 4.69) is 49.4 Å². The average Bonchev–Trinajstić information content (AvgIpc) is 3.28. The molecule has 1 aromatic heterocycles. The molecule has 0 radical (unpaired) electrons. The minimum Gasteiger partial charge on any atom is -0.497 e. The minimum atomic E-state index is -0.344. The lowest BCUT2D eigenvalue weighted by Crippen LogP contribution is -2.16. The number of rotatable bonds is 13. The van der Waals surface area contributed by atoms with Crippen molar-refractivity contribution >= 4 is 11.6 Å². The van der Waals surface area contributed by atoms with Crippen LogP contribution in [-0.4, -0.2) is 41.7 Å². The van der Waals surface area contributed by atoms with Crippen molar-refractivity contribution in [3.05, 3.63) is 53.3 Å². The third-order valence-electron chi connectivity index (χ3n) is 6.52. The molecule has 1 amide bonds. The average molecular weight is 523 g/mol. The summed E-state index contributed by atoms with van der Waals surface area (Å²) in [7, 11) is 3.18. The Morgan fingerprint density at radius 3 is 2.37 bits per heavy atom. The van der Waals surface area contributed by atoms with E-state index >= 15 is 0 Å². The van der Waals surface area contributed by atoms with Crippen LogP contribution in [0, 0.1) is 6.92 Å². The molecule has 206 valence electrons. The Bertz CT molecular complexity index is 1210. The lowest BCUT2D eigenvalue weighted by atomic mass is 9.86. The molecule has 0 bridgehead atoms. The summed E-state index contributed by atoms with van der Waals surface area (Å²) in [5.41, 5.74) is 3.08. The van der Waals surface area contributed by atoms with Crippen LogP contribution in [0.15, 0.2) is 36.4 Å². The SMILES string of the molecule is CCCCCCCCOc1cc(NC(=O)c2nnn(-c3cc(OC)ccc3OC)c2C)cc(C(C)(C)C)c1. The van der Waals surface area contributed by atoms with Crippen molar-refractivity contribution < 1.29 is 19.0 Å². The molecule has 8 heteroatoms. The maximum atomic E-state index is 13.3. The molecule has 38 heavy (non-hydrogen) atoms. The van der Waals surface area contributed by atoms with Crippen molar-refractivity contribution in [1.82, 2.24) is 15.0 Å². The van der Waals surface area contributed by atoms with Gasteiger partial charge in [-0.15, -0.1) is 5.10 Å². The normalized spacial score (nSPS) is 11.3. The number of hydrogen-bond donors (Lipinski definition) is 1. The molecule has 0 atom stereocenters. The lowest BCUT2D eigenvalue weighted by molar-refractivity contribution is 0.102. The van der Waals surface area contributed by atoms with Crippen LogP contribution in [0.3, 0.4) is 0 Å². The number of unbranched alkanes of at least 4 members (excludes halogenated alkanes) is 5. The first-order valence-corrected chi connectivity index (χ1v) is 13.4. The number of benzene rings is 2. The Kier molecular flexibility index (Phi) is 10.2. The predicted molar refractivity (Wildman–Crippen MR) is 151 cm³/mol. The summed E-state index contributed by atoms with van der Waals surface area (Å²) >= 11 is 0. The van der Waals surface area contributed by atoms with Gasteiger partial charge in [-0.1, -0.05) is 65.0 Å². The second kappa shape index (κ2) is 13.3. The molecule has 1 heterocycles. The Balaban J connectivity index is 1.78. The summed E-state index contributed by atoms with van der Waals surface area (Å²) in [6.07, 6.45) is 7.23. The van der Waals surface area contributed by atoms with E-state index in [1.807, 2.05) is 12.1 Å². The molecule has 0 unspecified atom stereocenters. The Hall–Kier alpha value is -3.55. The van der Waals surface area contributed by atoms with Gasteiger partial charge in [0.2, 0.25) is 0 Å². The first-order chi connectivity index (χ1) is 18.2. The highest BCUT2D eigenvalue weighted by molar-refractivity contribution is 6.03. The van der Waals surface area contributed by atoms with Gasteiger partial charge in [-0.25, -0.2) is 4.68 Å². The molecule has 3 aromatic rings. The van der Waals surface area contributed by atoms with Crippen molar-refractivity contribution in [2.75, 3.05) is 26.1 Å². The van der Waals surface area contributed by atoms with Crippen LogP contribution in [0.1, 0.15) is 88.0 Å². The summed E-state index contributed by atoms with van der Waals surface area (Å²) in [6.45, 7) is 11.1. The first-order valence-electron chi connectivity index (χ1n) is 13.4. The Labute approximate surface area is 226 Å². The second-order valence-electron chi connectivity index (χ2n) is 10.5. The van der Waals surface area contributed by atoms with Crippen LogP contribution >= 0.6 is 0 Å². The number of nitrogens with one attached hydrogen (secondary N) is 1. The summed E-state index contributed by atoms with van der Waals surface area (Å²) in [5, 5.41) is 11.4. The van der Waals surface area contributed by atoms with Gasteiger partial charge in [-0.2, -0.15) is 0 Å². The lowest BCUT2D eigenvalue weighted by Gasteiger charge is -2.21. The van der Waals surface area contributed by atoms with Crippen LogP contribution in [0.5, 0.6) is 17.2 Å². The fraction of sp³-hybridized carbons (Fsp3) is 0.500. The van der Waals surface area contributed by atoms with E-state index in [-0.39, 0.29) is 17.0 Å². The highest BCUT2D eigenvalue weighted by atomic mass is 16.5. The van der Waals surface area contributed by atoms with Gasteiger partial charge >= 0.3 is 0 Å². The number of aromatic nitrogens is 3. The van der Waals surface area contributed by atoms with Crippen molar-refractivity contribution in [1.29, 1.82) is 0 Å². The van der Waals surface area contributed by atoms with Crippen LogP contribution in [-0.2, 0) is 5.41 Å². The van der Waals surface area contributed by atoms with E-state index in [1.54, 1.807) is 44.0 Å². The van der Waals surface area contributed by atoms with E-state index < -0.39 is 0 Å². The van der Waals surface area contributed by atoms with E-state index in [0.717, 1.165) is 24.2 Å². The number of ether oxygens (including phenoxy) is 3. The van der Waals surface area contributed by atoms with E-state index in [4.69, 9.17) is 14.2 Å². The van der Waals surface area contributed by atoms with Gasteiger partial charge in [-0.05, 0) is 48.6 Å². The van der Waals surface area contributed by atoms with Crippen molar-refractivity contribution in [2.24, 2.45) is 0 Å². The zero-order valence-corrected chi connectivity index (χ0v) is 23.9. The quantitative estimate of drug-likeness (QED) is 0.246.